The van der Waals surface area contributed by atoms with Crippen molar-refractivity contribution in [2.75, 3.05) is 0 Å². The first-order valence-corrected chi connectivity index (χ1v) is 8.91. The maximum Gasteiger partial charge on any atom is 0.244 e. The number of hydrogen-bond donors (Lipinski definition) is 1. The Morgan fingerprint density at radius 3 is 2.22 bits per heavy atom. The number of amides is 1. The Bertz CT molecular complexity index is 813. The lowest BCUT2D eigenvalue weighted by molar-refractivity contribution is -0.121. The van der Waals surface area contributed by atoms with Gasteiger partial charge in [0, 0.05) is 0 Å². The molecule has 0 bridgehead atoms. The summed E-state index contributed by atoms with van der Waals surface area (Å²) in [7, 11) is -3.77. The molecule has 0 unspecified atom stereocenters. The monoisotopic (exact) mass is 333 g/mol. The van der Waals surface area contributed by atoms with Crippen LogP contribution in [-0.4, -0.2) is 14.3 Å². The third-order valence-electron chi connectivity index (χ3n) is 4.03. The maximum absolute atomic E-state index is 13.0. The minimum Gasteiger partial charge on any atom is -0.273 e. The zero-order chi connectivity index (χ0) is 16.5. The maximum atomic E-state index is 13.0. The van der Waals surface area contributed by atoms with Crippen molar-refractivity contribution in [3.05, 3.63) is 71.5 Å². The van der Waals surface area contributed by atoms with Crippen molar-refractivity contribution >= 4 is 15.9 Å². The Balaban J connectivity index is 1.75. The van der Waals surface area contributed by atoms with E-state index in [9.17, 15) is 17.6 Å². The molecule has 0 heterocycles. The molecule has 0 atom stereocenters. The molecule has 6 heteroatoms. The number of benzene rings is 2. The molecule has 1 aliphatic carbocycles. The summed E-state index contributed by atoms with van der Waals surface area (Å²) in [4.78, 5) is 12.4. The average molecular weight is 333 g/mol. The second-order valence-corrected chi connectivity index (χ2v) is 7.49. The molecule has 1 aliphatic rings. The fourth-order valence-corrected chi connectivity index (χ4v) is 3.79. The van der Waals surface area contributed by atoms with Gasteiger partial charge in [-0.2, -0.15) is 0 Å². The van der Waals surface area contributed by atoms with Crippen molar-refractivity contribution in [1.82, 2.24) is 4.72 Å². The van der Waals surface area contributed by atoms with Crippen LogP contribution in [0.2, 0.25) is 0 Å². The van der Waals surface area contributed by atoms with Crippen molar-refractivity contribution in [2.45, 2.75) is 24.0 Å². The van der Waals surface area contributed by atoms with Gasteiger partial charge in [0.25, 0.3) is 0 Å². The molecule has 1 fully saturated rings. The minimum absolute atomic E-state index is 0.251. The summed E-state index contributed by atoms with van der Waals surface area (Å²) in [6, 6.07) is 14.3. The Hall–Kier alpha value is -2.21. The molecule has 3 rings (SSSR count). The summed E-state index contributed by atoms with van der Waals surface area (Å²) in [5, 5.41) is 0. The van der Waals surface area contributed by atoms with Gasteiger partial charge in [-0.15, -0.1) is 0 Å². The van der Waals surface area contributed by atoms with Gasteiger partial charge in [-0.25, -0.2) is 12.8 Å². The van der Waals surface area contributed by atoms with Gasteiger partial charge < -0.3 is 0 Å². The summed E-state index contributed by atoms with van der Waals surface area (Å²) >= 11 is 0. The first kappa shape index (κ1) is 15.7. The molecule has 4 nitrogen and oxygen atoms in total. The fourth-order valence-electron chi connectivity index (χ4n) is 2.61. The van der Waals surface area contributed by atoms with Gasteiger partial charge in [0.1, 0.15) is 5.82 Å². The summed E-state index contributed by atoms with van der Waals surface area (Å²) < 4.78 is 39.5. The lowest BCUT2D eigenvalue weighted by atomic mass is 9.95. The Morgan fingerprint density at radius 2 is 1.65 bits per heavy atom. The van der Waals surface area contributed by atoms with Crippen LogP contribution in [-0.2, 0) is 26.0 Å². The number of halogens is 1. The molecule has 1 N–H and O–H groups in total. The van der Waals surface area contributed by atoms with Crippen molar-refractivity contribution in [1.29, 1.82) is 0 Å². The van der Waals surface area contributed by atoms with Crippen LogP contribution < -0.4 is 4.72 Å². The van der Waals surface area contributed by atoms with Crippen LogP contribution in [0.25, 0.3) is 0 Å². The minimum atomic E-state index is -3.77. The highest BCUT2D eigenvalue weighted by Crippen LogP contribution is 2.48. The Kier molecular flexibility index (Phi) is 3.93. The highest BCUT2D eigenvalue weighted by molar-refractivity contribution is 7.89. The molecule has 2 aromatic rings. The van der Waals surface area contributed by atoms with Gasteiger partial charge in [-0.1, -0.05) is 42.5 Å². The first-order chi connectivity index (χ1) is 10.9. The van der Waals surface area contributed by atoms with Crippen LogP contribution in [0.4, 0.5) is 4.39 Å². The molecule has 1 amide bonds. The third kappa shape index (κ3) is 3.42. The van der Waals surface area contributed by atoms with Gasteiger partial charge in [0.2, 0.25) is 15.9 Å². The zero-order valence-corrected chi connectivity index (χ0v) is 13.1. The molecule has 0 spiro atoms. The van der Waals surface area contributed by atoms with E-state index >= 15 is 0 Å². The first-order valence-electron chi connectivity index (χ1n) is 7.26. The Labute approximate surface area is 134 Å². The van der Waals surface area contributed by atoms with Crippen LogP contribution in [0.1, 0.15) is 24.0 Å². The topological polar surface area (TPSA) is 63.2 Å². The summed E-state index contributed by atoms with van der Waals surface area (Å²) in [6.07, 6.45) is 1.12. The summed E-state index contributed by atoms with van der Waals surface area (Å²) in [5.41, 5.74) is 0.406. The van der Waals surface area contributed by atoms with Crippen LogP contribution >= 0.6 is 0 Å². The summed E-state index contributed by atoms with van der Waals surface area (Å²) in [6.45, 7) is 0. The van der Waals surface area contributed by atoms with Gasteiger partial charge in [0.15, 0.2) is 0 Å². The van der Waals surface area contributed by atoms with E-state index in [0.29, 0.717) is 24.0 Å². The molecule has 0 aromatic heterocycles. The third-order valence-corrected chi connectivity index (χ3v) is 5.24. The highest BCUT2D eigenvalue weighted by atomic mass is 32.2. The molecule has 1 saturated carbocycles. The second kappa shape index (κ2) is 5.77. The molecule has 2 aromatic carbocycles. The molecule has 23 heavy (non-hydrogen) atoms. The van der Waals surface area contributed by atoms with Gasteiger partial charge >= 0.3 is 0 Å². The van der Waals surface area contributed by atoms with Crippen LogP contribution in [0.5, 0.6) is 0 Å². The molecule has 0 saturated heterocycles. The van der Waals surface area contributed by atoms with Gasteiger partial charge in [0.05, 0.1) is 11.2 Å². The lowest BCUT2D eigenvalue weighted by Gasteiger charge is -2.16. The second-order valence-electron chi connectivity index (χ2n) is 5.76. The fraction of sp³-hybridized carbons (Fsp3) is 0.235. The normalized spacial score (nSPS) is 15.9. The smallest absolute Gasteiger partial charge is 0.244 e. The van der Waals surface area contributed by atoms with E-state index in [1.54, 1.807) is 30.3 Å². The average Bonchev–Trinajstić information content (AvgIpc) is 3.30. The standard InChI is InChI=1S/C17H16FNO3S/c18-15-8-6-14(7-9-15)17(10-11-17)16(20)19-23(21,22)12-13-4-2-1-3-5-13/h1-9H,10-12H2,(H,19,20). The predicted octanol–water partition coefficient (Wildman–Crippen LogP) is 2.50. The van der Waals surface area contributed by atoms with E-state index in [2.05, 4.69) is 4.72 Å². The molecule has 0 aliphatic heterocycles. The number of hydrogen-bond acceptors (Lipinski definition) is 3. The van der Waals surface area contributed by atoms with Crippen molar-refractivity contribution in [2.24, 2.45) is 0 Å². The zero-order valence-electron chi connectivity index (χ0n) is 12.3. The number of rotatable bonds is 5. The lowest BCUT2D eigenvalue weighted by Crippen LogP contribution is -2.39. The quantitative estimate of drug-likeness (QED) is 0.914. The number of nitrogens with one attached hydrogen (secondary N) is 1. The molecule has 120 valence electrons. The van der Waals surface area contributed by atoms with Crippen LogP contribution in [0.15, 0.2) is 54.6 Å². The molecular formula is C17H16FNO3S. The van der Waals surface area contributed by atoms with E-state index in [-0.39, 0.29) is 11.6 Å². The summed E-state index contributed by atoms with van der Waals surface area (Å²) in [5.74, 6) is -1.18. The van der Waals surface area contributed by atoms with E-state index in [1.165, 1.54) is 24.3 Å². The predicted molar refractivity (Wildman–Crippen MR) is 84.5 cm³/mol. The van der Waals surface area contributed by atoms with Gasteiger partial charge in [-0.05, 0) is 36.1 Å². The number of carbonyl (C=O) groups excluding carboxylic acids is 1. The van der Waals surface area contributed by atoms with Gasteiger partial charge in [-0.3, -0.25) is 9.52 Å². The van der Waals surface area contributed by atoms with Crippen molar-refractivity contribution in [3.8, 4) is 0 Å². The number of sulfonamides is 1. The van der Waals surface area contributed by atoms with E-state index in [4.69, 9.17) is 0 Å². The van der Waals surface area contributed by atoms with Crippen LogP contribution in [0.3, 0.4) is 0 Å². The Morgan fingerprint density at radius 1 is 1.04 bits per heavy atom. The van der Waals surface area contributed by atoms with Crippen LogP contribution in [0, 0.1) is 5.82 Å². The van der Waals surface area contributed by atoms with E-state index in [1.807, 2.05) is 0 Å². The van der Waals surface area contributed by atoms with E-state index < -0.39 is 21.3 Å². The van der Waals surface area contributed by atoms with E-state index in [0.717, 1.165) is 0 Å². The number of carbonyl (C=O) groups is 1. The highest BCUT2D eigenvalue weighted by Gasteiger charge is 2.52. The molecule has 0 radical (unpaired) electrons. The molecular weight excluding hydrogens is 317 g/mol. The SMILES string of the molecule is O=C(NS(=O)(=O)Cc1ccccc1)C1(c2ccc(F)cc2)CC1. The van der Waals surface area contributed by atoms with Crippen molar-refractivity contribution in [3.63, 3.8) is 0 Å². The largest absolute Gasteiger partial charge is 0.273 e. The van der Waals surface area contributed by atoms with Crippen molar-refractivity contribution < 1.29 is 17.6 Å².